The van der Waals surface area contributed by atoms with Gasteiger partial charge < -0.3 is 5.11 Å². The Morgan fingerprint density at radius 1 is 1.38 bits per heavy atom. The van der Waals surface area contributed by atoms with Crippen LogP contribution in [0.5, 0.6) is 0 Å². The zero-order valence-electron chi connectivity index (χ0n) is 11.0. The highest BCUT2D eigenvalue weighted by Crippen LogP contribution is 2.33. The fraction of sp³-hybridized carbons (Fsp3) is 0.417. The Bertz CT molecular complexity index is 681. The van der Waals surface area contributed by atoms with E-state index in [-0.39, 0.29) is 24.1 Å². The lowest BCUT2D eigenvalue weighted by Crippen LogP contribution is -2.59. The van der Waals surface area contributed by atoms with Gasteiger partial charge in [-0.1, -0.05) is 18.2 Å². The molecule has 114 valence electrons. The van der Waals surface area contributed by atoms with Crippen molar-refractivity contribution >= 4 is 21.7 Å². The number of nitrogens with one attached hydrogen (secondary N) is 1. The van der Waals surface area contributed by atoms with Crippen molar-refractivity contribution in [3.8, 4) is 0 Å². The minimum absolute atomic E-state index is 0.0230. The van der Waals surface area contributed by atoms with Crippen LogP contribution < -0.4 is 4.72 Å². The van der Waals surface area contributed by atoms with E-state index in [9.17, 15) is 23.3 Å². The van der Waals surface area contributed by atoms with Crippen LogP contribution in [0.4, 0.5) is 5.69 Å². The first-order chi connectivity index (χ1) is 9.76. The summed E-state index contributed by atoms with van der Waals surface area (Å²) in [5.74, 6) is -1.85. The highest BCUT2D eigenvalue weighted by atomic mass is 32.2. The molecule has 1 aromatic rings. The van der Waals surface area contributed by atoms with Gasteiger partial charge in [0.2, 0.25) is 10.0 Å². The molecule has 0 amide bonds. The minimum Gasteiger partial charge on any atom is -0.480 e. The number of nitrogens with zero attached hydrogens (tertiary/aromatic N) is 1. The lowest BCUT2D eigenvalue weighted by atomic mass is 9.78. The molecule has 0 aromatic heterocycles. The Kier molecular flexibility index (Phi) is 3.97. The first-order valence-corrected chi connectivity index (χ1v) is 7.88. The lowest BCUT2D eigenvalue weighted by Gasteiger charge is -2.37. The average molecular weight is 314 g/mol. The standard InChI is InChI=1S/C12H14N2O6S/c15-11(16)12(6-3-7-12)13-21(19,20)8-9-4-1-2-5-10(9)14(17)18/h1-2,4-5,13H,3,6-8H2,(H,15,16). The summed E-state index contributed by atoms with van der Waals surface area (Å²) in [6.07, 6.45) is 1.07. The fourth-order valence-electron chi connectivity index (χ4n) is 2.24. The van der Waals surface area contributed by atoms with E-state index in [4.69, 9.17) is 5.11 Å². The number of para-hydroxylation sites is 1. The summed E-state index contributed by atoms with van der Waals surface area (Å²) in [5.41, 5.74) is -1.75. The van der Waals surface area contributed by atoms with Crippen LogP contribution in [0.15, 0.2) is 24.3 Å². The van der Waals surface area contributed by atoms with Gasteiger partial charge >= 0.3 is 5.97 Å². The van der Waals surface area contributed by atoms with Gasteiger partial charge in [0.05, 0.1) is 10.7 Å². The predicted molar refractivity (Wildman–Crippen MR) is 73.1 cm³/mol. The van der Waals surface area contributed by atoms with E-state index in [1.54, 1.807) is 0 Å². The van der Waals surface area contributed by atoms with Gasteiger partial charge in [0.15, 0.2) is 0 Å². The molecule has 0 bridgehead atoms. The number of sulfonamides is 1. The third-order valence-electron chi connectivity index (χ3n) is 3.50. The van der Waals surface area contributed by atoms with Crippen molar-refractivity contribution in [3.63, 3.8) is 0 Å². The maximum absolute atomic E-state index is 12.1. The first-order valence-electron chi connectivity index (χ1n) is 6.23. The molecule has 8 nitrogen and oxygen atoms in total. The Balaban J connectivity index is 2.23. The first kappa shape index (κ1) is 15.4. The maximum Gasteiger partial charge on any atom is 0.324 e. The molecule has 1 saturated carbocycles. The van der Waals surface area contributed by atoms with Crippen LogP contribution in [0.2, 0.25) is 0 Å². The molecule has 2 N–H and O–H groups in total. The molecule has 21 heavy (non-hydrogen) atoms. The van der Waals surface area contributed by atoms with Gasteiger partial charge in [-0.05, 0) is 19.3 Å². The van der Waals surface area contributed by atoms with Crippen molar-refractivity contribution in [2.75, 3.05) is 0 Å². The molecule has 1 fully saturated rings. The number of carbonyl (C=O) groups is 1. The van der Waals surface area contributed by atoms with E-state index in [2.05, 4.69) is 4.72 Å². The Morgan fingerprint density at radius 2 is 2.00 bits per heavy atom. The number of hydrogen-bond donors (Lipinski definition) is 2. The number of carboxylic acid groups (broad SMARTS) is 1. The Hall–Kier alpha value is -2.00. The van der Waals surface area contributed by atoms with Crippen LogP contribution >= 0.6 is 0 Å². The summed E-state index contributed by atoms with van der Waals surface area (Å²) in [6.45, 7) is 0. The number of nitro benzene ring substituents is 1. The van der Waals surface area contributed by atoms with Crippen molar-refractivity contribution in [1.29, 1.82) is 0 Å². The summed E-state index contributed by atoms with van der Waals surface area (Å²) in [4.78, 5) is 21.4. The van der Waals surface area contributed by atoms with E-state index < -0.39 is 32.2 Å². The van der Waals surface area contributed by atoms with Gasteiger partial charge in [-0.2, -0.15) is 4.72 Å². The largest absolute Gasteiger partial charge is 0.480 e. The van der Waals surface area contributed by atoms with Crippen molar-refractivity contribution in [1.82, 2.24) is 4.72 Å². The van der Waals surface area contributed by atoms with Gasteiger partial charge in [-0.25, -0.2) is 8.42 Å². The fourth-order valence-corrected chi connectivity index (χ4v) is 3.85. The number of benzene rings is 1. The normalized spacial score (nSPS) is 17.0. The number of nitro groups is 1. The SMILES string of the molecule is O=C(O)C1(NS(=O)(=O)Cc2ccccc2[N+](=O)[O-])CCC1. The number of hydrogen-bond acceptors (Lipinski definition) is 5. The number of rotatable bonds is 6. The van der Waals surface area contributed by atoms with Crippen LogP contribution in [0, 0.1) is 10.1 Å². The molecule has 0 spiro atoms. The second-order valence-electron chi connectivity index (χ2n) is 4.99. The summed E-state index contributed by atoms with van der Waals surface area (Å²) in [5, 5.41) is 20.0. The van der Waals surface area contributed by atoms with E-state index in [1.807, 2.05) is 0 Å². The molecule has 9 heteroatoms. The zero-order chi connectivity index (χ0) is 15.7. The van der Waals surface area contributed by atoms with E-state index in [0.717, 1.165) is 0 Å². The molecule has 1 aromatic carbocycles. The molecule has 0 heterocycles. The van der Waals surface area contributed by atoms with E-state index in [0.29, 0.717) is 6.42 Å². The third-order valence-corrected chi connectivity index (χ3v) is 4.89. The molecule has 1 aliphatic rings. The monoisotopic (exact) mass is 314 g/mol. The lowest BCUT2D eigenvalue weighted by molar-refractivity contribution is -0.385. The van der Waals surface area contributed by atoms with E-state index in [1.165, 1.54) is 24.3 Å². The van der Waals surface area contributed by atoms with Crippen LogP contribution in [0.3, 0.4) is 0 Å². The number of aliphatic carboxylic acids is 1. The maximum atomic E-state index is 12.1. The smallest absolute Gasteiger partial charge is 0.324 e. The van der Waals surface area contributed by atoms with Gasteiger partial charge in [-0.3, -0.25) is 14.9 Å². The molecule has 0 atom stereocenters. The second-order valence-corrected chi connectivity index (χ2v) is 6.71. The van der Waals surface area contributed by atoms with Gasteiger partial charge in [0, 0.05) is 11.6 Å². The quantitative estimate of drug-likeness (QED) is 0.596. The summed E-state index contributed by atoms with van der Waals surface area (Å²) >= 11 is 0. The number of carboxylic acids is 1. The highest BCUT2D eigenvalue weighted by Gasteiger charge is 2.47. The van der Waals surface area contributed by atoms with Crippen LogP contribution in [0.25, 0.3) is 0 Å². The van der Waals surface area contributed by atoms with Gasteiger partial charge in [0.25, 0.3) is 5.69 Å². The van der Waals surface area contributed by atoms with Crippen molar-refractivity contribution in [2.45, 2.75) is 30.6 Å². The Labute approximate surface area is 121 Å². The minimum atomic E-state index is -3.99. The van der Waals surface area contributed by atoms with Gasteiger partial charge in [-0.15, -0.1) is 0 Å². The van der Waals surface area contributed by atoms with Crippen molar-refractivity contribution in [3.05, 3.63) is 39.9 Å². The molecule has 0 aliphatic heterocycles. The van der Waals surface area contributed by atoms with Crippen molar-refractivity contribution < 1.29 is 23.2 Å². The second kappa shape index (κ2) is 5.41. The van der Waals surface area contributed by atoms with Crippen LogP contribution in [0.1, 0.15) is 24.8 Å². The zero-order valence-corrected chi connectivity index (χ0v) is 11.8. The predicted octanol–water partition coefficient (Wildman–Crippen LogP) is 1.02. The molecule has 2 rings (SSSR count). The molecular weight excluding hydrogens is 300 g/mol. The molecule has 1 aliphatic carbocycles. The molecule has 0 unspecified atom stereocenters. The Morgan fingerprint density at radius 3 is 2.48 bits per heavy atom. The molecule has 0 radical (unpaired) electrons. The summed E-state index contributed by atoms with van der Waals surface area (Å²) < 4.78 is 26.4. The average Bonchev–Trinajstić information content (AvgIpc) is 2.33. The molecular formula is C12H14N2O6S. The summed E-state index contributed by atoms with van der Waals surface area (Å²) in [6, 6.07) is 5.48. The van der Waals surface area contributed by atoms with Crippen LogP contribution in [-0.2, 0) is 20.6 Å². The summed E-state index contributed by atoms with van der Waals surface area (Å²) in [7, 11) is -3.99. The van der Waals surface area contributed by atoms with Gasteiger partial charge in [0.1, 0.15) is 5.54 Å². The topological polar surface area (TPSA) is 127 Å². The third kappa shape index (κ3) is 3.19. The van der Waals surface area contributed by atoms with Crippen molar-refractivity contribution in [2.24, 2.45) is 0 Å². The molecule has 0 saturated heterocycles. The highest BCUT2D eigenvalue weighted by molar-refractivity contribution is 7.88. The van der Waals surface area contributed by atoms with Crippen LogP contribution in [-0.4, -0.2) is 30.0 Å². The van der Waals surface area contributed by atoms with E-state index >= 15 is 0 Å².